The van der Waals surface area contributed by atoms with Crippen molar-refractivity contribution in [1.82, 2.24) is 19.3 Å². The highest BCUT2D eigenvalue weighted by atomic mass is 32.2. The minimum atomic E-state index is -0.809. The molecule has 7 heteroatoms. The number of hydrogen-bond acceptors (Lipinski definition) is 4. The second-order valence-corrected chi connectivity index (χ2v) is 6.40. The quantitative estimate of drug-likeness (QED) is 0.891. The molecule has 0 amide bonds. The van der Waals surface area contributed by atoms with E-state index in [0.29, 0.717) is 12.5 Å². The summed E-state index contributed by atoms with van der Waals surface area (Å²) in [6, 6.07) is 0. The van der Waals surface area contributed by atoms with Crippen molar-refractivity contribution in [2.45, 2.75) is 32.1 Å². The first-order valence-electron chi connectivity index (χ1n) is 5.89. The Morgan fingerprint density at radius 1 is 1.50 bits per heavy atom. The molecule has 2 atom stereocenters. The molecule has 0 bridgehead atoms. The molecule has 0 spiro atoms. The summed E-state index contributed by atoms with van der Waals surface area (Å²) in [7, 11) is 1.07. The Morgan fingerprint density at radius 2 is 2.17 bits per heavy atom. The van der Waals surface area contributed by atoms with E-state index < -0.39 is 10.8 Å². The summed E-state index contributed by atoms with van der Waals surface area (Å²) < 4.78 is 15.1. The van der Waals surface area contributed by atoms with E-state index >= 15 is 0 Å². The van der Waals surface area contributed by atoms with Crippen molar-refractivity contribution < 1.29 is 4.21 Å². The Balaban J connectivity index is 2.33. The smallest absolute Gasteiger partial charge is 0.202 e. The standard InChI is InChI=1S/C11H19N5OS/c1-7(18(4)17)5-6-16-10-9(13-11(16)12)8(2)14-15(10)3/h7H,5-6H2,1-4H3,(H2,12,13). The molecular weight excluding hydrogens is 250 g/mol. The summed E-state index contributed by atoms with van der Waals surface area (Å²) in [5.74, 6) is 0.496. The van der Waals surface area contributed by atoms with Gasteiger partial charge in [0.2, 0.25) is 5.95 Å². The van der Waals surface area contributed by atoms with Crippen molar-refractivity contribution >= 4 is 27.9 Å². The van der Waals surface area contributed by atoms with Crippen LogP contribution in [0, 0.1) is 6.92 Å². The van der Waals surface area contributed by atoms with Crippen molar-refractivity contribution in [3.63, 3.8) is 0 Å². The highest BCUT2D eigenvalue weighted by molar-refractivity contribution is 7.84. The minimum Gasteiger partial charge on any atom is -0.369 e. The SMILES string of the molecule is Cc1nn(C)c2c1nc(N)n2CCC(C)S(C)=O. The molecule has 0 saturated carbocycles. The fourth-order valence-corrected chi connectivity index (χ4v) is 2.49. The predicted octanol–water partition coefficient (Wildman–Crippen LogP) is 0.818. The molecule has 2 N–H and O–H groups in total. The first-order valence-corrected chi connectivity index (χ1v) is 7.51. The number of fused-ring (bicyclic) bond motifs is 1. The van der Waals surface area contributed by atoms with Crippen LogP contribution in [0.1, 0.15) is 19.0 Å². The summed E-state index contributed by atoms with van der Waals surface area (Å²) >= 11 is 0. The van der Waals surface area contributed by atoms with Crippen molar-refractivity contribution in [3.8, 4) is 0 Å². The van der Waals surface area contributed by atoms with Gasteiger partial charge < -0.3 is 5.73 Å². The van der Waals surface area contributed by atoms with Crippen LogP contribution in [0.25, 0.3) is 11.2 Å². The van der Waals surface area contributed by atoms with Crippen LogP contribution in [0.2, 0.25) is 0 Å². The van der Waals surface area contributed by atoms with Gasteiger partial charge in [0.15, 0.2) is 5.65 Å². The Hall–Kier alpha value is -1.37. The third-order valence-corrected chi connectivity index (χ3v) is 4.61. The Morgan fingerprint density at radius 3 is 2.78 bits per heavy atom. The maximum atomic E-state index is 11.4. The highest BCUT2D eigenvalue weighted by Gasteiger charge is 2.16. The largest absolute Gasteiger partial charge is 0.369 e. The van der Waals surface area contributed by atoms with Crippen LogP contribution < -0.4 is 5.73 Å². The van der Waals surface area contributed by atoms with Crippen LogP contribution in [0.5, 0.6) is 0 Å². The summed E-state index contributed by atoms with van der Waals surface area (Å²) in [5, 5.41) is 4.48. The third-order valence-electron chi connectivity index (χ3n) is 3.25. The Labute approximate surface area is 109 Å². The van der Waals surface area contributed by atoms with E-state index in [1.165, 1.54) is 0 Å². The maximum absolute atomic E-state index is 11.4. The lowest BCUT2D eigenvalue weighted by Gasteiger charge is -2.10. The van der Waals surface area contributed by atoms with Crippen LogP contribution in [-0.4, -0.2) is 35.0 Å². The van der Waals surface area contributed by atoms with E-state index in [9.17, 15) is 4.21 Å². The van der Waals surface area contributed by atoms with Crippen LogP contribution >= 0.6 is 0 Å². The summed E-state index contributed by atoms with van der Waals surface area (Å²) in [6.07, 6.45) is 2.54. The highest BCUT2D eigenvalue weighted by Crippen LogP contribution is 2.21. The zero-order valence-electron chi connectivity index (χ0n) is 11.2. The Kier molecular flexibility index (Phi) is 3.43. The van der Waals surface area contributed by atoms with Crippen LogP contribution in [0.3, 0.4) is 0 Å². The molecule has 2 unspecified atom stereocenters. The van der Waals surface area contributed by atoms with E-state index in [1.807, 2.05) is 25.5 Å². The topological polar surface area (TPSA) is 78.7 Å². The first-order chi connectivity index (χ1) is 8.41. The van der Waals surface area contributed by atoms with Gasteiger partial charge in [0.1, 0.15) is 5.52 Å². The average molecular weight is 269 g/mol. The maximum Gasteiger partial charge on any atom is 0.202 e. The molecule has 18 heavy (non-hydrogen) atoms. The number of nitrogens with two attached hydrogens (primary N) is 1. The summed E-state index contributed by atoms with van der Waals surface area (Å²) in [5.41, 5.74) is 8.59. The molecule has 0 aliphatic rings. The van der Waals surface area contributed by atoms with E-state index in [0.717, 1.165) is 23.3 Å². The van der Waals surface area contributed by atoms with Gasteiger partial charge >= 0.3 is 0 Å². The lowest BCUT2D eigenvalue weighted by atomic mass is 10.3. The van der Waals surface area contributed by atoms with Crippen molar-refractivity contribution in [1.29, 1.82) is 0 Å². The number of nitrogens with zero attached hydrogens (tertiary/aromatic N) is 4. The number of aromatic nitrogens is 4. The van der Waals surface area contributed by atoms with Gasteiger partial charge in [-0.2, -0.15) is 5.10 Å². The number of nitrogen functional groups attached to an aromatic ring is 1. The van der Waals surface area contributed by atoms with Gasteiger partial charge in [-0.05, 0) is 13.3 Å². The minimum absolute atomic E-state index is 0.149. The second kappa shape index (κ2) is 4.72. The lowest BCUT2D eigenvalue weighted by Crippen LogP contribution is -2.15. The van der Waals surface area contributed by atoms with Gasteiger partial charge in [0.05, 0.1) is 5.69 Å². The van der Waals surface area contributed by atoms with Crippen molar-refractivity contribution in [2.75, 3.05) is 12.0 Å². The number of anilines is 1. The van der Waals surface area contributed by atoms with Gasteiger partial charge in [-0.25, -0.2) is 4.98 Å². The fourth-order valence-electron chi connectivity index (χ4n) is 2.05. The van der Waals surface area contributed by atoms with Gasteiger partial charge in [-0.3, -0.25) is 13.5 Å². The Bertz CT molecular complexity index is 600. The van der Waals surface area contributed by atoms with E-state index in [1.54, 1.807) is 10.9 Å². The van der Waals surface area contributed by atoms with E-state index in [2.05, 4.69) is 10.1 Å². The van der Waals surface area contributed by atoms with Crippen molar-refractivity contribution in [2.24, 2.45) is 7.05 Å². The molecule has 2 heterocycles. The zero-order valence-corrected chi connectivity index (χ0v) is 12.0. The normalized spacial score (nSPS) is 15.1. The number of aryl methyl sites for hydroxylation is 3. The van der Waals surface area contributed by atoms with Gasteiger partial charge in [0.25, 0.3) is 0 Å². The molecule has 0 aliphatic heterocycles. The lowest BCUT2D eigenvalue weighted by molar-refractivity contribution is 0.619. The molecule has 6 nitrogen and oxygen atoms in total. The summed E-state index contributed by atoms with van der Waals surface area (Å²) in [4.78, 5) is 4.34. The molecular formula is C11H19N5OS. The average Bonchev–Trinajstić information content (AvgIpc) is 2.75. The molecule has 2 aromatic heterocycles. The molecule has 0 fully saturated rings. The number of hydrogen-bond donors (Lipinski definition) is 1. The van der Waals surface area contributed by atoms with E-state index in [-0.39, 0.29) is 5.25 Å². The fraction of sp³-hybridized carbons (Fsp3) is 0.636. The number of imidazole rings is 1. The molecule has 0 radical (unpaired) electrons. The van der Waals surface area contributed by atoms with Gasteiger partial charge in [0, 0.05) is 35.9 Å². The monoisotopic (exact) mass is 269 g/mol. The van der Waals surface area contributed by atoms with Crippen LogP contribution in [0.4, 0.5) is 5.95 Å². The molecule has 2 rings (SSSR count). The summed E-state index contributed by atoms with van der Waals surface area (Å²) in [6.45, 7) is 4.61. The molecule has 0 aliphatic carbocycles. The number of rotatable bonds is 4. The molecule has 100 valence electrons. The van der Waals surface area contributed by atoms with Crippen LogP contribution in [-0.2, 0) is 24.4 Å². The zero-order chi connectivity index (χ0) is 13.4. The molecule has 0 saturated heterocycles. The van der Waals surface area contributed by atoms with Crippen LogP contribution in [0.15, 0.2) is 0 Å². The first kappa shape index (κ1) is 13.1. The molecule has 2 aromatic rings. The van der Waals surface area contributed by atoms with Gasteiger partial charge in [-0.1, -0.05) is 6.92 Å². The van der Waals surface area contributed by atoms with Crippen molar-refractivity contribution in [3.05, 3.63) is 5.69 Å². The van der Waals surface area contributed by atoms with E-state index in [4.69, 9.17) is 5.73 Å². The molecule has 0 aromatic carbocycles. The third kappa shape index (κ3) is 2.14. The second-order valence-electron chi connectivity index (χ2n) is 4.60. The predicted molar refractivity (Wildman–Crippen MR) is 73.8 cm³/mol. The van der Waals surface area contributed by atoms with Gasteiger partial charge in [-0.15, -0.1) is 0 Å².